The third-order valence-corrected chi connectivity index (χ3v) is 4.05. The van der Waals surface area contributed by atoms with Crippen LogP contribution in [0, 0.1) is 0 Å². The van der Waals surface area contributed by atoms with Gasteiger partial charge in [0, 0.05) is 29.7 Å². The predicted molar refractivity (Wildman–Crippen MR) is 72.1 cm³/mol. The number of halogens is 2. The van der Waals surface area contributed by atoms with E-state index in [4.69, 9.17) is 33.7 Å². The molecule has 0 unspecified atom stereocenters. The first kappa shape index (κ1) is 13.8. The molecule has 0 bridgehead atoms. The van der Waals surface area contributed by atoms with Crippen LogP contribution in [-0.4, -0.2) is 24.5 Å². The van der Waals surface area contributed by atoms with E-state index < -0.39 is 5.54 Å². The SMILES string of the molecule is NC1(C(=O)Cc2c(Cl)cccc2Cl)CCOCC1. The molecule has 1 aliphatic heterocycles. The maximum Gasteiger partial charge on any atom is 0.157 e. The van der Waals surface area contributed by atoms with Gasteiger partial charge in [-0.15, -0.1) is 0 Å². The molecule has 0 spiro atoms. The Balaban J connectivity index is 2.16. The second kappa shape index (κ2) is 5.57. The van der Waals surface area contributed by atoms with Gasteiger partial charge in [0.15, 0.2) is 5.78 Å². The molecule has 0 saturated carbocycles. The number of ether oxygens (including phenoxy) is 1. The van der Waals surface area contributed by atoms with Crippen LogP contribution in [0.1, 0.15) is 18.4 Å². The second-order valence-electron chi connectivity index (χ2n) is 4.57. The van der Waals surface area contributed by atoms with Crippen LogP contribution >= 0.6 is 23.2 Å². The first-order valence-corrected chi connectivity index (χ1v) is 6.61. The van der Waals surface area contributed by atoms with Crippen LogP contribution in [0.5, 0.6) is 0 Å². The Morgan fingerprint density at radius 1 is 1.28 bits per heavy atom. The zero-order valence-electron chi connectivity index (χ0n) is 9.92. The molecule has 18 heavy (non-hydrogen) atoms. The minimum Gasteiger partial charge on any atom is -0.381 e. The topological polar surface area (TPSA) is 52.3 Å². The van der Waals surface area contributed by atoms with Crippen LogP contribution < -0.4 is 5.73 Å². The minimum absolute atomic E-state index is 0.0270. The third-order valence-electron chi connectivity index (χ3n) is 3.34. The summed E-state index contributed by atoms with van der Waals surface area (Å²) in [6.07, 6.45) is 1.27. The van der Waals surface area contributed by atoms with Crippen LogP contribution in [0.2, 0.25) is 10.0 Å². The number of ketones is 1. The summed E-state index contributed by atoms with van der Waals surface area (Å²) >= 11 is 12.1. The smallest absolute Gasteiger partial charge is 0.157 e. The van der Waals surface area contributed by atoms with E-state index in [-0.39, 0.29) is 12.2 Å². The number of carbonyl (C=O) groups is 1. The molecule has 5 heteroatoms. The number of nitrogens with two attached hydrogens (primary N) is 1. The molecule has 1 aliphatic rings. The van der Waals surface area contributed by atoms with Gasteiger partial charge in [0.1, 0.15) is 0 Å². The Labute approximate surface area is 116 Å². The molecule has 2 N–H and O–H groups in total. The number of Topliss-reactive ketones (excluding diaryl/α,β-unsaturated/α-hetero) is 1. The van der Waals surface area contributed by atoms with Crippen molar-refractivity contribution in [1.82, 2.24) is 0 Å². The second-order valence-corrected chi connectivity index (χ2v) is 5.38. The standard InChI is InChI=1S/C13H15Cl2NO2/c14-10-2-1-3-11(15)9(10)8-12(17)13(16)4-6-18-7-5-13/h1-3H,4-8,16H2. The van der Waals surface area contributed by atoms with Gasteiger partial charge in [0.25, 0.3) is 0 Å². The molecule has 3 nitrogen and oxygen atoms in total. The lowest BCUT2D eigenvalue weighted by molar-refractivity contribution is -0.126. The average Bonchev–Trinajstić information content (AvgIpc) is 2.34. The molecule has 0 aromatic heterocycles. The van der Waals surface area contributed by atoms with E-state index in [0.717, 1.165) is 0 Å². The van der Waals surface area contributed by atoms with Gasteiger partial charge in [0.2, 0.25) is 0 Å². The number of hydrogen-bond donors (Lipinski definition) is 1. The van der Waals surface area contributed by atoms with Crippen molar-refractivity contribution in [3.05, 3.63) is 33.8 Å². The van der Waals surface area contributed by atoms with Crippen molar-refractivity contribution < 1.29 is 9.53 Å². The highest BCUT2D eigenvalue weighted by atomic mass is 35.5. The van der Waals surface area contributed by atoms with E-state index in [0.29, 0.717) is 41.7 Å². The minimum atomic E-state index is -0.805. The van der Waals surface area contributed by atoms with E-state index in [9.17, 15) is 4.79 Å². The lowest BCUT2D eigenvalue weighted by atomic mass is 9.84. The quantitative estimate of drug-likeness (QED) is 0.930. The van der Waals surface area contributed by atoms with Gasteiger partial charge in [-0.1, -0.05) is 29.3 Å². The fraction of sp³-hybridized carbons (Fsp3) is 0.462. The molecular weight excluding hydrogens is 273 g/mol. The molecule has 0 aliphatic carbocycles. The molecule has 0 atom stereocenters. The molecule has 98 valence electrons. The van der Waals surface area contributed by atoms with Gasteiger partial charge in [0.05, 0.1) is 5.54 Å². The molecule has 1 aromatic rings. The van der Waals surface area contributed by atoms with Crippen LogP contribution in [-0.2, 0) is 16.0 Å². The van der Waals surface area contributed by atoms with Crippen molar-refractivity contribution in [3.8, 4) is 0 Å². The summed E-state index contributed by atoms with van der Waals surface area (Å²) in [5, 5.41) is 1.01. The van der Waals surface area contributed by atoms with E-state index in [2.05, 4.69) is 0 Å². The maximum atomic E-state index is 12.3. The van der Waals surface area contributed by atoms with Crippen molar-refractivity contribution in [2.45, 2.75) is 24.8 Å². The van der Waals surface area contributed by atoms with Crippen LogP contribution in [0.4, 0.5) is 0 Å². The lowest BCUT2D eigenvalue weighted by Gasteiger charge is -2.32. The summed E-state index contributed by atoms with van der Waals surface area (Å²) in [5.74, 6) is -0.0270. The molecule has 1 saturated heterocycles. The Hall–Kier alpha value is -0.610. The number of hydrogen-bond acceptors (Lipinski definition) is 3. The van der Waals surface area contributed by atoms with Crippen LogP contribution in [0.25, 0.3) is 0 Å². The summed E-state index contributed by atoms with van der Waals surface area (Å²) < 4.78 is 5.23. The van der Waals surface area contributed by atoms with Crippen molar-refractivity contribution in [3.63, 3.8) is 0 Å². The molecule has 1 fully saturated rings. The highest BCUT2D eigenvalue weighted by molar-refractivity contribution is 6.36. The highest BCUT2D eigenvalue weighted by Gasteiger charge is 2.35. The van der Waals surface area contributed by atoms with Gasteiger partial charge in [-0.3, -0.25) is 4.79 Å². The van der Waals surface area contributed by atoms with Gasteiger partial charge in [-0.2, -0.15) is 0 Å². The molecule has 1 heterocycles. The summed E-state index contributed by atoms with van der Waals surface area (Å²) in [7, 11) is 0. The normalized spacial score (nSPS) is 18.6. The van der Waals surface area contributed by atoms with E-state index in [1.807, 2.05) is 0 Å². The number of carbonyl (C=O) groups excluding carboxylic acids is 1. The van der Waals surface area contributed by atoms with Crippen LogP contribution in [0.3, 0.4) is 0 Å². The Morgan fingerprint density at radius 2 is 1.83 bits per heavy atom. The summed E-state index contributed by atoms with van der Waals surface area (Å²) in [6, 6.07) is 5.21. The molecular formula is C13H15Cl2NO2. The monoisotopic (exact) mass is 287 g/mol. The van der Waals surface area contributed by atoms with Crippen molar-refractivity contribution in [2.24, 2.45) is 5.73 Å². The highest BCUT2D eigenvalue weighted by Crippen LogP contribution is 2.28. The first-order chi connectivity index (χ1) is 8.53. The van der Waals surface area contributed by atoms with Crippen LogP contribution in [0.15, 0.2) is 18.2 Å². The van der Waals surface area contributed by atoms with Crippen molar-refractivity contribution in [2.75, 3.05) is 13.2 Å². The predicted octanol–water partition coefficient (Wildman–Crippen LogP) is 2.61. The fourth-order valence-corrected chi connectivity index (χ4v) is 2.58. The Morgan fingerprint density at radius 3 is 2.39 bits per heavy atom. The zero-order valence-corrected chi connectivity index (χ0v) is 11.4. The van der Waals surface area contributed by atoms with Crippen molar-refractivity contribution in [1.29, 1.82) is 0 Å². The average molecular weight is 288 g/mol. The van der Waals surface area contributed by atoms with Gasteiger partial charge < -0.3 is 10.5 Å². The number of benzene rings is 1. The van der Waals surface area contributed by atoms with Gasteiger partial charge >= 0.3 is 0 Å². The Kier molecular flexibility index (Phi) is 4.28. The summed E-state index contributed by atoms with van der Waals surface area (Å²) in [6.45, 7) is 1.05. The Bertz CT molecular complexity index is 436. The van der Waals surface area contributed by atoms with E-state index >= 15 is 0 Å². The largest absolute Gasteiger partial charge is 0.381 e. The van der Waals surface area contributed by atoms with E-state index in [1.54, 1.807) is 18.2 Å². The zero-order chi connectivity index (χ0) is 13.2. The molecule has 0 amide bonds. The first-order valence-electron chi connectivity index (χ1n) is 5.86. The third kappa shape index (κ3) is 2.86. The molecule has 1 aromatic carbocycles. The fourth-order valence-electron chi connectivity index (χ4n) is 2.05. The molecule has 0 radical (unpaired) electrons. The summed E-state index contributed by atoms with van der Waals surface area (Å²) in [4.78, 5) is 12.3. The van der Waals surface area contributed by atoms with E-state index in [1.165, 1.54) is 0 Å². The summed E-state index contributed by atoms with van der Waals surface area (Å²) in [5.41, 5.74) is 5.98. The van der Waals surface area contributed by atoms with Crippen molar-refractivity contribution >= 4 is 29.0 Å². The maximum absolute atomic E-state index is 12.3. The van der Waals surface area contributed by atoms with Gasteiger partial charge in [-0.05, 0) is 30.5 Å². The van der Waals surface area contributed by atoms with Gasteiger partial charge in [-0.25, -0.2) is 0 Å². The lowest BCUT2D eigenvalue weighted by Crippen LogP contribution is -2.52. The molecule has 2 rings (SSSR count). The number of rotatable bonds is 3.